The number of ketones is 1. The fourth-order valence-electron chi connectivity index (χ4n) is 2.70. The molecule has 2 rings (SSSR count). The van der Waals surface area contributed by atoms with Crippen molar-refractivity contribution in [3.05, 3.63) is 28.2 Å². The number of Topliss-reactive ketones (excluding diaryl/α,β-unsaturated/α-hetero) is 1. The minimum Gasteiger partial charge on any atom is -0.492 e. The van der Waals surface area contributed by atoms with E-state index < -0.39 is 0 Å². The molecule has 1 aliphatic rings. The zero-order chi connectivity index (χ0) is 13.9. The van der Waals surface area contributed by atoms with Crippen LogP contribution in [-0.2, 0) is 0 Å². The number of carbonyl (C=O) groups is 1. The highest BCUT2D eigenvalue weighted by Crippen LogP contribution is 2.41. The predicted octanol–water partition coefficient (Wildman–Crippen LogP) is 5.00. The average Bonchev–Trinajstić information content (AvgIpc) is 2.84. The predicted molar refractivity (Wildman–Crippen MR) is 80.8 cm³/mol. The van der Waals surface area contributed by atoms with E-state index in [4.69, 9.17) is 4.74 Å². The van der Waals surface area contributed by atoms with Gasteiger partial charge in [-0.1, -0.05) is 26.7 Å². The number of benzene rings is 1. The van der Waals surface area contributed by atoms with Gasteiger partial charge in [0.2, 0.25) is 0 Å². The standard InChI is InChI=1S/C16H21BrO2/c1-3-10-19-14-7-6-12(11-13(14)17)15(18)16(2)8-4-5-9-16/h6-7,11H,3-5,8-10H2,1-2H3. The molecule has 0 saturated heterocycles. The molecule has 1 aliphatic carbocycles. The minimum atomic E-state index is -0.161. The van der Waals surface area contributed by atoms with Gasteiger partial charge in [0.25, 0.3) is 0 Å². The van der Waals surface area contributed by atoms with Crippen molar-refractivity contribution in [2.45, 2.75) is 46.0 Å². The zero-order valence-corrected chi connectivity index (χ0v) is 13.3. The number of carbonyl (C=O) groups excluding carboxylic acids is 1. The van der Waals surface area contributed by atoms with Crippen LogP contribution in [0.4, 0.5) is 0 Å². The first-order valence-electron chi connectivity index (χ1n) is 7.04. The fourth-order valence-corrected chi connectivity index (χ4v) is 3.20. The van der Waals surface area contributed by atoms with Crippen LogP contribution in [0.25, 0.3) is 0 Å². The largest absolute Gasteiger partial charge is 0.492 e. The second-order valence-electron chi connectivity index (χ2n) is 5.59. The minimum absolute atomic E-state index is 0.161. The second kappa shape index (κ2) is 6.08. The summed E-state index contributed by atoms with van der Waals surface area (Å²) in [7, 11) is 0. The Labute approximate surface area is 123 Å². The molecule has 0 unspecified atom stereocenters. The molecule has 0 atom stereocenters. The van der Waals surface area contributed by atoms with Crippen molar-refractivity contribution in [2.75, 3.05) is 6.61 Å². The lowest BCUT2D eigenvalue weighted by atomic mass is 9.81. The molecule has 1 aromatic rings. The van der Waals surface area contributed by atoms with Gasteiger partial charge in [-0.05, 0) is 53.4 Å². The lowest BCUT2D eigenvalue weighted by molar-refractivity contribution is 0.0823. The maximum atomic E-state index is 12.6. The van der Waals surface area contributed by atoms with E-state index in [0.29, 0.717) is 6.61 Å². The Morgan fingerprint density at radius 3 is 2.63 bits per heavy atom. The molecule has 0 N–H and O–H groups in total. The first kappa shape index (κ1) is 14.6. The Morgan fingerprint density at radius 1 is 1.37 bits per heavy atom. The summed E-state index contributed by atoms with van der Waals surface area (Å²) >= 11 is 3.49. The molecule has 2 nitrogen and oxygen atoms in total. The number of hydrogen-bond donors (Lipinski definition) is 0. The highest BCUT2D eigenvalue weighted by Gasteiger charge is 2.36. The van der Waals surface area contributed by atoms with Gasteiger partial charge in [-0.3, -0.25) is 4.79 Å². The lowest BCUT2D eigenvalue weighted by Crippen LogP contribution is -2.24. The zero-order valence-electron chi connectivity index (χ0n) is 11.7. The third-order valence-corrected chi connectivity index (χ3v) is 4.53. The summed E-state index contributed by atoms with van der Waals surface area (Å²) in [5, 5.41) is 0. The van der Waals surface area contributed by atoms with Gasteiger partial charge in [0.15, 0.2) is 5.78 Å². The smallest absolute Gasteiger partial charge is 0.168 e. The summed E-state index contributed by atoms with van der Waals surface area (Å²) in [5.41, 5.74) is 0.630. The molecule has 0 amide bonds. The van der Waals surface area contributed by atoms with E-state index in [0.717, 1.165) is 35.0 Å². The lowest BCUT2D eigenvalue weighted by Gasteiger charge is -2.22. The van der Waals surface area contributed by atoms with Gasteiger partial charge in [-0.15, -0.1) is 0 Å². The number of ether oxygens (including phenoxy) is 1. The summed E-state index contributed by atoms with van der Waals surface area (Å²) in [6.07, 6.45) is 5.34. The maximum Gasteiger partial charge on any atom is 0.168 e. The number of hydrogen-bond acceptors (Lipinski definition) is 2. The van der Waals surface area contributed by atoms with Crippen LogP contribution in [0, 0.1) is 5.41 Å². The Hall–Kier alpha value is -0.830. The van der Waals surface area contributed by atoms with Crippen LogP contribution in [0.2, 0.25) is 0 Å². The quantitative estimate of drug-likeness (QED) is 0.712. The van der Waals surface area contributed by atoms with Gasteiger partial charge in [-0.25, -0.2) is 0 Å². The van der Waals surface area contributed by atoms with Crippen LogP contribution in [0.3, 0.4) is 0 Å². The Bertz CT molecular complexity index is 462. The fraction of sp³-hybridized carbons (Fsp3) is 0.562. The van der Waals surface area contributed by atoms with Crippen LogP contribution in [0.15, 0.2) is 22.7 Å². The third-order valence-electron chi connectivity index (χ3n) is 3.91. The van der Waals surface area contributed by atoms with Crippen LogP contribution in [-0.4, -0.2) is 12.4 Å². The van der Waals surface area contributed by atoms with Crippen LogP contribution < -0.4 is 4.74 Å². The molecule has 104 valence electrons. The Balaban J connectivity index is 2.17. The Kier molecular flexibility index (Phi) is 4.67. The molecule has 0 spiro atoms. The molecule has 1 saturated carbocycles. The third kappa shape index (κ3) is 3.19. The van der Waals surface area contributed by atoms with E-state index in [1.165, 1.54) is 12.8 Å². The summed E-state index contributed by atoms with van der Waals surface area (Å²) < 4.78 is 6.48. The monoisotopic (exact) mass is 324 g/mol. The first-order chi connectivity index (χ1) is 9.07. The molecular weight excluding hydrogens is 304 g/mol. The van der Waals surface area contributed by atoms with Gasteiger partial charge < -0.3 is 4.74 Å². The van der Waals surface area contributed by atoms with Crippen molar-refractivity contribution in [2.24, 2.45) is 5.41 Å². The van der Waals surface area contributed by atoms with Crippen molar-refractivity contribution >= 4 is 21.7 Å². The highest BCUT2D eigenvalue weighted by atomic mass is 79.9. The van der Waals surface area contributed by atoms with E-state index >= 15 is 0 Å². The van der Waals surface area contributed by atoms with E-state index in [2.05, 4.69) is 29.8 Å². The van der Waals surface area contributed by atoms with E-state index in [-0.39, 0.29) is 11.2 Å². The molecule has 0 heterocycles. The van der Waals surface area contributed by atoms with Crippen LogP contribution in [0.5, 0.6) is 5.75 Å². The molecule has 0 radical (unpaired) electrons. The Morgan fingerprint density at radius 2 is 2.05 bits per heavy atom. The summed E-state index contributed by atoms with van der Waals surface area (Å²) in [6, 6.07) is 5.68. The topological polar surface area (TPSA) is 26.3 Å². The molecule has 0 aromatic heterocycles. The van der Waals surface area contributed by atoms with Crippen LogP contribution in [0.1, 0.15) is 56.3 Å². The van der Waals surface area contributed by atoms with Gasteiger partial charge in [-0.2, -0.15) is 0 Å². The van der Waals surface area contributed by atoms with Crippen molar-refractivity contribution in [1.29, 1.82) is 0 Å². The molecule has 0 aliphatic heterocycles. The van der Waals surface area contributed by atoms with Crippen molar-refractivity contribution < 1.29 is 9.53 Å². The van der Waals surface area contributed by atoms with Gasteiger partial charge in [0, 0.05) is 11.0 Å². The van der Waals surface area contributed by atoms with Gasteiger partial charge in [0.05, 0.1) is 11.1 Å². The number of halogens is 1. The SMILES string of the molecule is CCCOc1ccc(C(=O)C2(C)CCCC2)cc1Br. The summed E-state index contributed by atoms with van der Waals surface area (Å²) in [4.78, 5) is 12.6. The average molecular weight is 325 g/mol. The molecule has 3 heteroatoms. The first-order valence-corrected chi connectivity index (χ1v) is 7.83. The van der Waals surface area contributed by atoms with Gasteiger partial charge in [0.1, 0.15) is 5.75 Å². The van der Waals surface area contributed by atoms with Crippen molar-refractivity contribution in [3.63, 3.8) is 0 Å². The van der Waals surface area contributed by atoms with Crippen molar-refractivity contribution in [3.8, 4) is 5.75 Å². The highest BCUT2D eigenvalue weighted by molar-refractivity contribution is 9.10. The number of rotatable bonds is 5. The van der Waals surface area contributed by atoms with Gasteiger partial charge >= 0.3 is 0 Å². The second-order valence-corrected chi connectivity index (χ2v) is 6.44. The maximum absolute atomic E-state index is 12.6. The molecule has 0 bridgehead atoms. The van der Waals surface area contributed by atoms with E-state index in [1.54, 1.807) is 0 Å². The molecule has 1 aromatic carbocycles. The summed E-state index contributed by atoms with van der Waals surface area (Å²) in [6.45, 7) is 4.87. The molecule has 1 fully saturated rings. The molecule has 19 heavy (non-hydrogen) atoms. The van der Waals surface area contributed by atoms with Crippen LogP contribution >= 0.6 is 15.9 Å². The molecular formula is C16H21BrO2. The van der Waals surface area contributed by atoms with E-state index in [1.807, 2.05) is 18.2 Å². The normalized spacial score (nSPS) is 17.4. The van der Waals surface area contributed by atoms with Crippen molar-refractivity contribution in [1.82, 2.24) is 0 Å². The van der Waals surface area contributed by atoms with E-state index in [9.17, 15) is 4.79 Å². The summed E-state index contributed by atoms with van der Waals surface area (Å²) in [5.74, 6) is 1.09.